The fraction of sp³-hybridized carbons (Fsp3) is 0.0455. The third kappa shape index (κ3) is 4.11. The number of anilines is 3. The largest absolute Gasteiger partial charge is 0.398 e. The van der Waals surface area contributed by atoms with Gasteiger partial charge in [-0.25, -0.2) is 13.2 Å². The smallest absolute Gasteiger partial charge is 0.261 e. The Hall–Kier alpha value is -4.14. The van der Waals surface area contributed by atoms with Gasteiger partial charge in [0, 0.05) is 35.8 Å². The van der Waals surface area contributed by atoms with Crippen LogP contribution in [-0.2, 0) is 0 Å². The van der Waals surface area contributed by atoms with Crippen molar-refractivity contribution in [2.45, 2.75) is 0 Å². The standard InChI is InChI=1S/C22H18F3N5O/c1-29-17-9-15(24)19(20(25)13(17)10-26)22(31)30-18-7-12(16(27)8-14(18)23)21(28)11-5-3-2-4-6-11/h2-10,26,28-29H,27H2,1H3,(H,30,31). The highest BCUT2D eigenvalue weighted by molar-refractivity contribution is 6.15. The molecule has 0 unspecified atom stereocenters. The van der Waals surface area contributed by atoms with E-state index in [2.05, 4.69) is 10.6 Å². The van der Waals surface area contributed by atoms with Gasteiger partial charge in [-0.15, -0.1) is 0 Å². The molecule has 3 aromatic carbocycles. The van der Waals surface area contributed by atoms with Gasteiger partial charge in [-0.1, -0.05) is 30.3 Å². The van der Waals surface area contributed by atoms with Crippen molar-refractivity contribution >= 4 is 34.9 Å². The molecule has 0 saturated carbocycles. The predicted molar refractivity (Wildman–Crippen MR) is 115 cm³/mol. The van der Waals surface area contributed by atoms with Crippen molar-refractivity contribution in [1.29, 1.82) is 10.8 Å². The molecule has 0 aliphatic carbocycles. The third-order valence-electron chi connectivity index (χ3n) is 4.62. The number of rotatable bonds is 6. The van der Waals surface area contributed by atoms with Gasteiger partial charge in [0.25, 0.3) is 5.91 Å². The van der Waals surface area contributed by atoms with Crippen LogP contribution in [0.2, 0.25) is 0 Å². The van der Waals surface area contributed by atoms with Crippen molar-refractivity contribution in [2.75, 3.05) is 23.4 Å². The van der Waals surface area contributed by atoms with E-state index in [4.69, 9.17) is 16.6 Å². The fourth-order valence-corrected chi connectivity index (χ4v) is 3.04. The van der Waals surface area contributed by atoms with Crippen LogP contribution in [0.1, 0.15) is 27.0 Å². The Morgan fingerprint density at radius 3 is 2.32 bits per heavy atom. The van der Waals surface area contributed by atoms with Gasteiger partial charge >= 0.3 is 0 Å². The first kappa shape index (κ1) is 21.6. The summed E-state index contributed by atoms with van der Waals surface area (Å²) in [4.78, 5) is 12.6. The van der Waals surface area contributed by atoms with Crippen LogP contribution in [-0.4, -0.2) is 24.9 Å². The third-order valence-corrected chi connectivity index (χ3v) is 4.62. The summed E-state index contributed by atoms with van der Waals surface area (Å²) in [6.07, 6.45) is 0.639. The number of hydrogen-bond acceptors (Lipinski definition) is 5. The van der Waals surface area contributed by atoms with Crippen LogP contribution in [0.25, 0.3) is 0 Å². The zero-order chi connectivity index (χ0) is 22.7. The molecule has 0 aliphatic heterocycles. The summed E-state index contributed by atoms with van der Waals surface area (Å²) in [5.74, 6) is -4.62. The van der Waals surface area contributed by atoms with Gasteiger partial charge in [-0.2, -0.15) is 0 Å². The van der Waals surface area contributed by atoms with Crippen LogP contribution in [0.4, 0.5) is 30.2 Å². The minimum Gasteiger partial charge on any atom is -0.398 e. The first-order valence-electron chi connectivity index (χ1n) is 9.03. The predicted octanol–water partition coefficient (Wildman–Crippen LogP) is 4.39. The van der Waals surface area contributed by atoms with Gasteiger partial charge in [0.2, 0.25) is 0 Å². The van der Waals surface area contributed by atoms with Crippen molar-refractivity contribution in [2.24, 2.45) is 0 Å². The lowest BCUT2D eigenvalue weighted by Gasteiger charge is -2.14. The number of halogens is 3. The van der Waals surface area contributed by atoms with Gasteiger partial charge in [0.05, 0.1) is 17.0 Å². The molecule has 0 aliphatic rings. The van der Waals surface area contributed by atoms with E-state index in [1.807, 2.05) is 0 Å². The first-order valence-corrected chi connectivity index (χ1v) is 9.03. The van der Waals surface area contributed by atoms with Crippen LogP contribution < -0.4 is 16.4 Å². The fourth-order valence-electron chi connectivity index (χ4n) is 3.04. The molecule has 6 nitrogen and oxygen atoms in total. The highest BCUT2D eigenvalue weighted by atomic mass is 19.1. The zero-order valence-electron chi connectivity index (χ0n) is 16.3. The van der Waals surface area contributed by atoms with E-state index in [1.54, 1.807) is 30.3 Å². The SMILES string of the molecule is CNc1cc(F)c(C(=O)Nc2cc(C(=N)c3ccccc3)c(N)cc2F)c(F)c1C=N. The molecule has 3 aromatic rings. The summed E-state index contributed by atoms with van der Waals surface area (Å²) in [5, 5.41) is 20.3. The monoisotopic (exact) mass is 425 g/mol. The summed E-state index contributed by atoms with van der Waals surface area (Å²) in [6.45, 7) is 0. The van der Waals surface area contributed by atoms with Crippen molar-refractivity contribution in [3.8, 4) is 0 Å². The maximum atomic E-state index is 14.7. The number of hydrogen-bond donors (Lipinski definition) is 5. The maximum Gasteiger partial charge on any atom is 0.261 e. The Bertz CT molecular complexity index is 1200. The van der Waals surface area contributed by atoms with E-state index in [0.717, 1.165) is 18.2 Å². The van der Waals surface area contributed by atoms with Crippen molar-refractivity contribution in [3.05, 3.63) is 88.2 Å². The summed E-state index contributed by atoms with van der Waals surface area (Å²) >= 11 is 0. The topological polar surface area (TPSA) is 115 Å². The minimum atomic E-state index is -1.26. The summed E-state index contributed by atoms with van der Waals surface area (Å²) in [7, 11) is 1.41. The van der Waals surface area contributed by atoms with Gasteiger partial charge in [-0.3, -0.25) is 10.2 Å². The average molecular weight is 425 g/mol. The summed E-state index contributed by atoms with van der Waals surface area (Å²) in [6, 6.07) is 11.4. The molecule has 0 radical (unpaired) electrons. The van der Waals surface area contributed by atoms with Gasteiger partial charge in [0.15, 0.2) is 0 Å². The molecule has 0 aromatic heterocycles. The van der Waals surface area contributed by atoms with Crippen LogP contribution in [0.3, 0.4) is 0 Å². The molecule has 0 atom stereocenters. The highest BCUT2D eigenvalue weighted by Gasteiger charge is 2.24. The molecule has 0 heterocycles. The molecule has 6 N–H and O–H groups in total. The Morgan fingerprint density at radius 1 is 1.03 bits per heavy atom. The lowest BCUT2D eigenvalue weighted by molar-refractivity contribution is 0.101. The number of amides is 1. The van der Waals surface area contributed by atoms with Crippen molar-refractivity contribution < 1.29 is 18.0 Å². The second-order valence-electron chi connectivity index (χ2n) is 6.52. The number of benzene rings is 3. The van der Waals surface area contributed by atoms with Crippen molar-refractivity contribution in [1.82, 2.24) is 0 Å². The Kier molecular flexibility index (Phi) is 6.05. The molecule has 9 heteroatoms. The van der Waals surface area contributed by atoms with E-state index in [-0.39, 0.29) is 28.2 Å². The molecule has 0 spiro atoms. The molecule has 158 valence electrons. The van der Waals surface area contributed by atoms with Crippen LogP contribution in [0, 0.1) is 28.3 Å². The lowest BCUT2D eigenvalue weighted by Crippen LogP contribution is -2.19. The average Bonchev–Trinajstić information content (AvgIpc) is 2.75. The van der Waals surface area contributed by atoms with E-state index < -0.39 is 34.6 Å². The number of nitrogens with one attached hydrogen (secondary N) is 4. The van der Waals surface area contributed by atoms with Gasteiger partial charge in [0.1, 0.15) is 23.0 Å². The molecular formula is C22H18F3N5O. The Labute approximate surface area is 175 Å². The number of nitrogens with two attached hydrogens (primary N) is 1. The summed E-state index contributed by atoms with van der Waals surface area (Å²) < 4.78 is 43.5. The Morgan fingerprint density at radius 2 is 1.71 bits per heavy atom. The Balaban J connectivity index is 2.01. The van der Waals surface area contributed by atoms with Crippen LogP contribution in [0.5, 0.6) is 0 Å². The normalized spacial score (nSPS) is 10.5. The number of carbonyl (C=O) groups is 1. The molecule has 0 bridgehead atoms. The number of carbonyl (C=O) groups excluding carboxylic acids is 1. The summed E-state index contributed by atoms with van der Waals surface area (Å²) in [5.41, 5.74) is 4.73. The van der Waals surface area contributed by atoms with Crippen LogP contribution in [0.15, 0.2) is 48.5 Å². The molecule has 0 saturated heterocycles. The lowest BCUT2D eigenvalue weighted by atomic mass is 10.00. The van der Waals surface area contributed by atoms with E-state index >= 15 is 0 Å². The molecule has 1 amide bonds. The van der Waals surface area contributed by atoms with E-state index in [1.165, 1.54) is 7.05 Å². The highest BCUT2D eigenvalue weighted by Crippen LogP contribution is 2.28. The van der Waals surface area contributed by atoms with Crippen molar-refractivity contribution in [3.63, 3.8) is 0 Å². The van der Waals surface area contributed by atoms with E-state index in [9.17, 15) is 18.0 Å². The van der Waals surface area contributed by atoms with E-state index in [0.29, 0.717) is 11.8 Å². The second-order valence-corrected chi connectivity index (χ2v) is 6.52. The molecule has 31 heavy (non-hydrogen) atoms. The minimum absolute atomic E-state index is 0.0150. The molecule has 0 fully saturated rings. The zero-order valence-corrected chi connectivity index (χ0v) is 16.3. The number of nitrogen functional groups attached to an aromatic ring is 1. The van der Waals surface area contributed by atoms with Gasteiger partial charge < -0.3 is 21.8 Å². The quantitative estimate of drug-likeness (QED) is 0.298. The van der Waals surface area contributed by atoms with Crippen LogP contribution >= 0.6 is 0 Å². The second kappa shape index (κ2) is 8.70. The van der Waals surface area contributed by atoms with Gasteiger partial charge in [-0.05, 0) is 18.2 Å². The first-order chi connectivity index (χ1) is 14.8. The molecule has 3 rings (SSSR count). The maximum absolute atomic E-state index is 14.7. The molecular weight excluding hydrogens is 407 g/mol.